The van der Waals surface area contributed by atoms with E-state index in [0.717, 1.165) is 12.8 Å². The van der Waals surface area contributed by atoms with Crippen molar-refractivity contribution < 1.29 is 27.2 Å². The zero-order chi connectivity index (χ0) is 23.7. The molecule has 176 valence electrons. The van der Waals surface area contributed by atoms with Gasteiger partial charge < -0.3 is 10.6 Å². The molecule has 3 rings (SSSR count). The maximum absolute atomic E-state index is 14.5. The second-order valence-electron chi connectivity index (χ2n) is 9.34. The highest BCUT2D eigenvalue weighted by Crippen LogP contribution is 2.27. The molecular formula is C22H28F4N4O2. The summed E-state index contributed by atoms with van der Waals surface area (Å²) in [5.41, 5.74) is -0.598. The molecular weight excluding hydrogens is 428 g/mol. The van der Waals surface area contributed by atoms with Crippen LogP contribution in [0, 0.1) is 11.2 Å². The van der Waals surface area contributed by atoms with Gasteiger partial charge in [0.1, 0.15) is 17.4 Å². The summed E-state index contributed by atoms with van der Waals surface area (Å²) >= 11 is 0. The zero-order valence-corrected chi connectivity index (χ0v) is 18.4. The summed E-state index contributed by atoms with van der Waals surface area (Å²) in [5, 5.41) is 10.1. The average molecular weight is 456 g/mol. The number of hydrogen-bond donors (Lipinski definition) is 2. The molecule has 1 aromatic carbocycles. The molecule has 0 saturated heterocycles. The largest absolute Gasteiger partial charge is 0.389 e. The molecule has 1 atom stereocenters. The van der Waals surface area contributed by atoms with E-state index >= 15 is 0 Å². The molecule has 0 radical (unpaired) electrons. The number of benzene rings is 1. The molecule has 0 unspecified atom stereocenters. The summed E-state index contributed by atoms with van der Waals surface area (Å²) in [6.45, 7) is 5.50. The Hall–Kier alpha value is -2.65. The highest BCUT2D eigenvalue weighted by molar-refractivity contribution is 6.06. The number of amides is 2. The van der Waals surface area contributed by atoms with E-state index < -0.39 is 35.8 Å². The van der Waals surface area contributed by atoms with Crippen LogP contribution in [-0.4, -0.2) is 39.9 Å². The molecule has 2 amide bonds. The maximum atomic E-state index is 14.5. The minimum absolute atomic E-state index is 0.0334. The SMILES string of the molecule is CC(C)(C)[C@H](NC(=O)c1nn(CCCCC(F)(F)F)c2c(F)cccc12)C(=O)NC1CC1. The fourth-order valence-electron chi connectivity index (χ4n) is 3.50. The maximum Gasteiger partial charge on any atom is 0.389 e. The van der Waals surface area contributed by atoms with Gasteiger partial charge in [-0.2, -0.15) is 18.3 Å². The molecule has 1 heterocycles. The van der Waals surface area contributed by atoms with E-state index in [-0.39, 0.29) is 47.9 Å². The third kappa shape index (κ3) is 5.98. The number of alkyl halides is 3. The van der Waals surface area contributed by atoms with Gasteiger partial charge >= 0.3 is 6.18 Å². The van der Waals surface area contributed by atoms with Crippen LogP contribution in [0.15, 0.2) is 18.2 Å². The van der Waals surface area contributed by atoms with Gasteiger partial charge in [0.05, 0.1) is 0 Å². The number of hydrogen-bond acceptors (Lipinski definition) is 3. The summed E-state index contributed by atoms with van der Waals surface area (Å²) in [5.74, 6) is -1.56. The molecule has 2 N–H and O–H groups in total. The molecule has 1 aromatic heterocycles. The summed E-state index contributed by atoms with van der Waals surface area (Å²) in [7, 11) is 0. The minimum atomic E-state index is -4.26. The highest BCUT2D eigenvalue weighted by atomic mass is 19.4. The molecule has 0 bridgehead atoms. The molecule has 32 heavy (non-hydrogen) atoms. The predicted octanol–water partition coefficient (Wildman–Crippen LogP) is 4.33. The lowest BCUT2D eigenvalue weighted by atomic mass is 9.86. The minimum Gasteiger partial charge on any atom is -0.352 e. The summed E-state index contributed by atoms with van der Waals surface area (Å²) < 4.78 is 53.0. The van der Waals surface area contributed by atoms with Crippen molar-refractivity contribution in [2.24, 2.45) is 5.41 Å². The second-order valence-corrected chi connectivity index (χ2v) is 9.34. The Morgan fingerprint density at radius 1 is 1.19 bits per heavy atom. The topological polar surface area (TPSA) is 76.0 Å². The van der Waals surface area contributed by atoms with E-state index in [1.807, 2.05) is 20.8 Å². The van der Waals surface area contributed by atoms with Gasteiger partial charge in [-0.05, 0) is 37.2 Å². The van der Waals surface area contributed by atoms with Crippen molar-refractivity contribution in [1.82, 2.24) is 20.4 Å². The lowest BCUT2D eigenvalue weighted by Gasteiger charge is -2.30. The van der Waals surface area contributed by atoms with E-state index in [1.165, 1.54) is 22.9 Å². The zero-order valence-electron chi connectivity index (χ0n) is 18.4. The summed E-state index contributed by atoms with van der Waals surface area (Å²) in [6, 6.07) is 3.46. The van der Waals surface area contributed by atoms with E-state index in [0.29, 0.717) is 0 Å². The van der Waals surface area contributed by atoms with Gasteiger partial charge in [0.2, 0.25) is 5.91 Å². The number of aryl methyl sites for hydroxylation is 1. The lowest BCUT2D eigenvalue weighted by Crippen LogP contribution is -2.54. The molecule has 1 fully saturated rings. The highest BCUT2D eigenvalue weighted by Gasteiger charge is 2.36. The van der Waals surface area contributed by atoms with Gasteiger partial charge in [-0.3, -0.25) is 14.3 Å². The number of nitrogens with one attached hydrogen (secondary N) is 2. The first-order chi connectivity index (χ1) is 14.9. The van der Waals surface area contributed by atoms with Crippen molar-refractivity contribution in [3.63, 3.8) is 0 Å². The summed E-state index contributed by atoms with van der Waals surface area (Å²) in [4.78, 5) is 25.8. The smallest absolute Gasteiger partial charge is 0.352 e. The third-order valence-corrected chi connectivity index (χ3v) is 5.34. The number of halogens is 4. The number of rotatable bonds is 8. The van der Waals surface area contributed by atoms with E-state index in [9.17, 15) is 27.2 Å². The van der Waals surface area contributed by atoms with Crippen molar-refractivity contribution in [3.8, 4) is 0 Å². The van der Waals surface area contributed by atoms with E-state index in [1.54, 1.807) is 0 Å². The Bertz CT molecular complexity index is 990. The van der Waals surface area contributed by atoms with Crippen LogP contribution in [0.2, 0.25) is 0 Å². The van der Waals surface area contributed by atoms with Crippen LogP contribution in [0.4, 0.5) is 17.6 Å². The molecule has 2 aromatic rings. The van der Waals surface area contributed by atoms with Crippen molar-refractivity contribution in [2.45, 2.75) is 77.7 Å². The number of para-hydroxylation sites is 1. The van der Waals surface area contributed by atoms with Crippen LogP contribution < -0.4 is 10.6 Å². The number of fused-ring (bicyclic) bond motifs is 1. The fraction of sp³-hybridized carbons (Fsp3) is 0.591. The fourth-order valence-corrected chi connectivity index (χ4v) is 3.50. The molecule has 1 aliphatic carbocycles. The summed E-state index contributed by atoms with van der Waals surface area (Å²) in [6.07, 6.45) is -3.40. The van der Waals surface area contributed by atoms with E-state index in [4.69, 9.17) is 0 Å². The van der Waals surface area contributed by atoms with Gasteiger partial charge in [-0.15, -0.1) is 0 Å². The van der Waals surface area contributed by atoms with Crippen LogP contribution >= 0.6 is 0 Å². The van der Waals surface area contributed by atoms with Crippen LogP contribution in [0.3, 0.4) is 0 Å². The molecule has 0 spiro atoms. The Balaban J connectivity index is 1.82. The Kier molecular flexibility index (Phi) is 6.80. The van der Waals surface area contributed by atoms with Crippen molar-refractivity contribution in [1.29, 1.82) is 0 Å². The third-order valence-electron chi connectivity index (χ3n) is 5.34. The number of nitrogens with zero attached hydrogens (tertiary/aromatic N) is 2. The molecule has 1 saturated carbocycles. The van der Waals surface area contributed by atoms with Gasteiger partial charge in [-0.1, -0.05) is 32.9 Å². The molecule has 10 heteroatoms. The average Bonchev–Trinajstić information content (AvgIpc) is 3.39. The number of aromatic nitrogens is 2. The van der Waals surface area contributed by atoms with Crippen LogP contribution in [-0.2, 0) is 11.3 Å². The monoisotopic (exact) mass is 456 g/mol. The first-order valence-corrected chi connectivity index (χ1v) is 10.7. The molecule has 6 nitrogen and oxygen atoms in total. The first-order valence-electron chi connectivity index (χ1n) is 10.7. The van der Waals surface area contributed by atoms with Gasteiger partial charge in [0, 0.05) is 24.4 Å². The van der Waals surface area contributed by atoms with E-state index in [2.05, 4.69) is 15.7 Å². The standard InChI is InChI=1S/C22H28F4N4O2/c1-21(2,3)18(20(32)27-13-9-10-13)28-19(31)16-14-7-6-8-15(23)17(14)30(29-16)12-5-4-11-22(24,25)26/h6-8,13,18H,4-5,9-12H2,1-3H3,(H,27,32)(H,28,31)/t18-/m1/s1. The van der Waals surface area contributed by atoms with Crippen LogP contribution in [0.5, 0.6) is 0 Å². The number of carbonyl (C=O) groups is 2. The number of carbonyl (C=O) groups excluding carboxylic acids is 2. The first kappa shape index (κ1) is 24.0. The van der Waals surface area contributed by atoms with Crippen LogP contribution in [0.1, 0.15) is 63.4 Å². The van der Waals surface area contributed by atoms with Crippen molar-refractivity contribution in [3.05, 3.63) is 29.7 Å². The molecule has 0 aliphatic heterocycles. The normalized spacial score (nSPS) is 15.6. The Labute approximate surface area is 183 Å². The lowest BCUT2D eigenvalue weighted by molar-refractivity contribution is -0.135. The van der Waals surface area contributed by atoms with Crippen molar-refractivity contribution >= 4 is 22.7 Å². The number of unbranched alkanes of at least 4 members (excludes halogenated alkanes) is 1. The van der Waals surface area contributed by atoms with Crippen molar-refractivity contribution in [2.75, 3.05) is 0 Å². The second kappa shape index (κ2) is 9.07. The Morgan fingerprint density at radius 2 is 1.88 bits per heavy atom. The molecule has 1 aliphatic rings. The van der Waals surface area contributed by atoms with Gasteiger partial charge in [-0.25, -0.2) is 4.39 Å². The quantitative estimate of drug-likeness (QED) is 0.459. The van der Waals surface area contributed by atoms with Gasteiger partial charge in [0.15, 0.2) is 5.69 Å². The van der Waals surface area contributed by atoms with Gasteiger partial charge in [0.25, 0.3) is 5.91 Å². The Morgan fingerprint density at radius 3 is 2.47 bits per heavy atom. The van der Waals surface area contributed by atoms with Crippen LogP contribution in [0.25, 0.3) is 10.9 Å². The predicted molar refractivity (Wildman–Crippen MR) is 111 cm³/mol.